The van der Waals surface area contributed by atoms with Crippen LogP contribution in [0.5, 0.6) is 0 Å². The van der Waals surface area contributed by atoms with Gasteiger partial charge >= 0.3 is 0 Å². The van der Waals surface area contributed by atoms with Crippen molar-refractivity contribution < 1.29 is 8.98 Å². The molecule has 0 saturated heterocycles. The largest absolute Gasteiger partial charge is 0.455 e. The fourth-order valence-electron chi connectivity index (χ4n) is 9.09. The molecule has 2 aliphatic rings. The molecule has 51 heavy (non-hydrogen) atoms. The highest BCUT2D eigenvalue weighted by atomic mass is 16.3. The maximum absolute atomic E-state index is 6.93. The van der Waals surface area contributed by atoms with Gasteiger partial charge in [-0.2, -0.15) is 4.57 Å². The zero-order chi connectivity index (χ0) is 34.1. The summed E-state index contributed by atoms with van der Waals surface area (Å²) in [6.45, 7) is 4.55. The molecule has 4 heterocycles. The van der Waals surface area contributed by atoms with Crippen LogP contribution >= 0.6 is 0 Å². The van der Waals surface area contributed by atoms with Crippen molar-refractivity contribution in [3.63, 3.8) is 0 Å². The van der Waals surface area contributed by atoms with Crippen molar-refractivity contribution in [2.75, 3.05) is 0 Å². The lowest BCUT2D eigenvalue weighted by molar-refractivity contribution is -0.705. The van der Waals surface area contributed by atoms with Gasteiger partial charge in [0.2, 0.25) is 5.69 Å². The molecule has 0 spiro atoms. The number of benzene rings is 5. The molecule has 5 aromatic carbocycles. The van der Waals surface area contributed by atoms with Crippen LogP contribution in [0, 0.1) is 0 Å². The molecule has 4 heteroatoms. The van der Waals surface area contributed by atoms with Gasteiger partial charge in [-0.3, -0.25) is 4.57 Å². The zero-order valence-corrected chi connectivity index (χ0v) is 29.1. The number of furan rings is 1. The molecule has 248 valence electrons. The summed E-state index contributed by atoms with van der Waals surface area (Å²) in [4.78, 5) is 5.55. The van der Waals surface area contributed by atoms with Crippen LogP contribution in [0.1, 0.15) is 67.3 Å². The van der Waals surface area contributed by atoms with Crippen LogP contribution in [-0.4, -0.2) is 9.55 Å². The average molecular weight is 663 g/mol. The van der Waals surface area contributed by atoms with E-state index >= 15 is 0 Å². The number of rotatable bonds is 7. The molecular formula is C47H40N3O+. The van der Waals surface area contributed by atoms with Crippen LogP contribution < -0.4 is 4.57 Å². The fourth-order valence-corrected chi connectivity index (χ4v) is 9.09. The number of aromatic nitrogens is 3. The van der Waals surface area contributed by atoms with E-state index in [-0.39, 0.29) is 6.04 Å². The van der Waals surface area contributed by atoms with E-state index in [9.17, 15) is 0 Å². The van der Waals surface area contributed by atoms with Crippen LogP contribution in [-0.2, 0) is 12.8 Å². The minimum Gasteiger partial charge on any atom is -0.455 e. The van der Waals surface area contributed by atoms with Crippen LogP contribution in [0.4, 0.5) is 0 Å². The Bertz CT molecular complexity index is 2650. The lowest BCUT2D eigenvalue weighted by Crippen LogP contribution is -2.45. The predicted octanol–water partition coefficient (Wildman–Crippen LogP) is 11.6. The molecule has 2 unspecified atom stereocenters. The summed E-state index contributed by atoms with van der Waals surface area (Å²) in [5, 5.41) is 2.26. The van der Waals surface area contributed by atoms with E-state index in [4.69, 9.17) is 9.40 Å². The molecule has 4 nitrogen and oxygen atoms in total. The lowest BCUT2D eigenvalue weighted by Gasteiger charge is -2.25. The van der Waals surface area contributed by atoms with E-state index in [2.05, 4.69) is 157 Å². The molecule has 1 aliphatic heterocycles. The van der Waals surface area contributed by atoms with E-state index in [1.165, 1.54) is 44.8 Å². The second-order valence-corrected chi connectivity index (χ2v) is 14.2. The Morgan fingerprint density at radius 3 is 2.35 bits per heavy atom. The lowest BCUT2D eigenvalue weighted by atomic mass is 9.83. The Morgan fingerprint density at radius 1 is 0.725 bits per heavy atom. The number of allylic oxidation sites excluding steroid dienone is 2. The van der Waals surface area contributed by atoms with Crippen LogP contribution in [0.3, 0.4) is 0 Å². The van der Waals surface area contributed by atoms with Gasteiger partial charge in [0.15, 0.2) is 12.2 Å². The zero-order valence-electron chi connectivity index (χ0n) is 29.1. The predicted molar refractivity (Wildman–Crippen MR) is 208 cm³/mol. The van der Waals surface area contributed by atoms with Crippen molar-refractivity contribution in [3.05, 3.63) is 156 Å². The highest BCUT2D eigenvalue weighted by molar-refractivity contribution is 6.12. The monoisotopic (exact) mass is 662 g/mol. The highest BCUT2D eigenvalue weighted by Crippen LogP contribution is 2.51. The van der Waals surface area contributed by atoms with Gasteiger partial charge in [-0.15, -0.1) is 0 Å². The Morgan fingerprint density at radius 2 is 1.49 bits per heavy atom. The first kappa shape index (κ1) is 30.1. The van der Waals surface area contributed by atoms with Gasteiger partial charge in [0, 0.05) is 28.5 Å². The summed E-state index contributed by atoms with van der Waals surface area (Å²) in [5.41, 5.74) is 15.6. The van der Waals surface area contributed by atoms with Crippen molar-refractivity contribution in [2.24, 2.45) is 0 Å². The molecule has 0 saturated carbocycles. The van der Waals surface area contributed by atoms with Gasteiger partial charge in [-0.25, -0.2) is 4.98 Å². The Balaban J connectivity index is 1.28. The molecule has 0 radical (unpaired) electrons. The normalized spacial score (nSPS) is 16.4. The molecule has 8 aromatic rings. The van der Waals surface area contributed by atoms with Crippen LogP contribution in [0.25, 0.3) is 66.9 Å². The number of aryl methyl sites for hydroxylation is 2. The third kappa shape index (κ3) is 4.59. The minimum atomic E-state index is 0.227. The van der Waals surface area contributed by atoms with Gasteiger partial charge in [0.1, 0.15) is 17.0 Å². The summed E-state index contributed by atoms with van der Waals surface area (Å²) in [7, 11) is 0. The first-order valence-electron chi connectivity index (χ1n) is 18.6. The molecule has 0 amide bonds. The topological polar surface area (TPSA) is 34.8 Å². The van der Waals surface area contributed by atoms with Gasteiger partial charge < -0.3 is 4.42 Å². The Hall–Kier alpha value is -5.74. The van der Waals surface area contributed by atoms with Gasteiger partial charge in [-0.05, 0) is 89.6 Å². The van der Waals surface area contributed by atoms with Crippen LogP contribution in [0.2, 0.25) is 0 Å². The van der Waals surface area contributed by atoms with Crippen LogP contribution in [0.15, 0.2) is 138 Å². The summed E-state index contributed by atoms with van der Waals surface area (Å²) in [6, 6.07) is 44.4. The van der Waals surface area contributed by atoms with E-state index in [1.807, 2.05) is 0 Å². The fraction of sp³-hybridized carbons (Fsp3) is 0.191. The van der Waals surface area contributed by atoms with Crippen molar-refractivity contribution in [2.45, 2.75) is 57.9 Å². The van der Waals surface area contributed by atoms with Crippen molar-refractivity contribution in [1.82, 2.24) is 9.55 Å². The Kier molecular flexibility index (Phi) is 7.06. The maximum atomic E-state index is 6.93. The first-order valence-corrected chi connectivity index (χ1v) is 18.6. The van der Waals surface area contributed by atoms with Crippen molar-refractivity contribution in [1.29, 1.82) is 0 Å². The second kappa shape index (κ2) is 11.9. The number of hydrogen-bond donors (Lipinski definition) is 0. The average Bonchev–Trinajstić information content (AvgIpc) is 3.89. The molecule has 3 aromatic heterocycles. The maximum Gasteiger partial charge on any atom is 0.213 e. The van der Waals surface area contributed by atoms with Gasteiger partial charge in [0.05, 0.1) is 28.2 Å². The summed E-state index contributed by atoms with van der Waals surface area (Å²) < 4.78 is 11.9. The number of fused-ring (bicyclic) bond motifs is 10. The summed E-state index contributed by atoms with van der Waals surface area (Å²) in [5.74, 6) is 1.29. The van der Waals surface area contributed by atoms with Crippen molar-refractivity contribution >= 4 is 38.5 Å². The summed E-state index contributed by atoms with van der Waals surface area (Å²) >= 11 is 0. The first-order chi connectivity index (χ1) is 25.2. The van der Waals surface area contributed by atoms with E-state index in [1.54, 1.807) is 0 Å². The van der Waals surface area contributed by atoms with Gasteiger partial charge in [-0.1, -0.05) is 99.5 Å². The number of hydrogen-bond acceptors (Lipinski definition) is 2. The SMILES string of the molecule is CCCc1cccc(CCC)c1-n1c(-c2c(C3=CC4C(C3)c3ccccc3-c3cccc[n+]34)ccc3c2oc2ccccc23)nc2ccccc21. The molecule has 1 aliphatic carbocycles. The third-order valence-corrected chi connectivity index (χ3v) is 11.2. The smallest absolute Gasteiger partial charge is 0.213 e. The van der Waals surface area contributed by atoms with Gasteiger partial charge in [0.25, 0.3) is 0 Å². The number of imidazole rings is 1. The quantitative estimate of drug-likeness (QED) is 0.159. The third-order valence-electron chi connectivity index (χ3n) is 11.2. The molecule has 2 atom stereocenters. The molecule has 0 bridgehead atoms. The standard InChI is InChI=1S/C47H40N3O/c1-3-14-30-16-13-17-31(15-4-2)45(30)50-41-23-9-8-21-39(41)48-47(50)44-33(25-26-37-36-20-7-10-24-43(36)51-46(37)44)32-28-38-34-18-5-6-19-35(34)40-22-11-12-27-49(40)42(38)29-32/h5-13,16-27,29,38,42H,3-4,14-15,28H2,1-2H3/q+1. The van der Waals surface area contributed by atoms with E-state index in [0.29, 0.717) is 5.92 Å². The minimum absolute atomic E-state index is 0.227. The Labute approximate surface area is 298 Å². The molecule has 0 N–H and O–H groups in total. The molecular weight excluding hydrogens is 623 g/mol. The van der Waals surface area contributed by atoms with Crippen molar-refractivity contribution in [3.8, 4) is 28.3 Å². The van der Waals surface area contributed by atoms with E-state index in [0.717, 1.165) is 76.5 Å². The summed E-state index contributed by atoms with van der Waals surface area (Å²) in [6.07, 6.45) is 9.88. The molecule has 10 rings (SSSR count). The number of pyridine rings is 1. The number of para-hydroxylation sites is 4. The van der Waals surface area contributed by atoms with E-state index < -0.39 is 0 Å². The highest BCUT2D eigenvalue weighted by Gasteiger charge is 2.43. The molecule has 0 fully saturated rings. The second-order valence-electron chi connectivity index (χ2n) is 14.2. The number of nitrogens with zero attached hydrogens (tertiary/aromatic N) is 3.